The molecule has 0 aliphatic carbocycles. The lowest BCUT2D eigenvalue weighted by Crippen LogP contribution is -1.96. The third-order valence-electron chi connectivity index (χ3n) is 2.96. The van der Waals surface area contributed by atoms with Gasteiger partial charge < -0.3 is 0 Å². The fourth-order valence-corrected chi connectivity index (χ4v) is 2.29. The van der Waals surface area contributed by atoms with Gasteiger partial charge >= 0.3 is 0 Å². The Morgan fingerprint density at radius 2 is 1.65 bits per heavy atom. The molecule has 0 bridgehead atoms. The van der Waals surface area contributed by atoms with Crippen molar-refractivity contribution in [1.82, 2.24) is 0 Å². The summed E-state index contributed by atoms with van der Waals surface area (Å²) in [5, 5.41) is 0. The lowest BCUT2D eigenvalue weighted by Gasteiger charge is -2.05. The van der Waals surface area contributed by atoms with Crippen molar-refractivity contribution in [3.8, 4) is 0 Å². The minimum atomic E-state index is -0.305. The summed E-state index contributed by atoms with van der Waals surface area (Å²) < 4.78 is 13.0. The number of halogens is 1. The molecule has 0 atom stereocenters. The summed E-state index contributed by atoms with van der Waals surface area (Å²) in [6, 6.07) is 13.9. The van der Waals surface area contributed by atoms with E-state index in [9.17, 15) is 9.18 Å². The molecule has 102 valence electrons. The first-order chi connectivity index (χ1) is 9.60. The van der Waals surface area contributed by atoms with Crippen LogP contribution >= 0.6 is 11.8 Å². The predicted octanol–water partition coefficient (Wildman–Crippen LogP) is 4.68. The van der Waals surface area contributed by atoms with Crippen LogP contribution in [0.15, 0.2) is 53.4 Å². The number of ketones is 1. The van der Waals surface area contributed by atoms with Crippen LogP contribution in [0.3, 0.4) is 0 Å². The number of carbonyl (C=O) groups excluding carboxylic acids is 1. The molecule has 0 unspecified atom stereocenters. The zero-order chi connectivity index (χ0) is 14.5. The van der Waals surface area contributed by atoms with Gasteiger partial charge in [-0.3, -0.25) is 4.79 Å². The molecule has 0 aliphatic rings. The molecule has 0 heterocycles. The molecule has 2 rings (SSSR count). The van der Waals surface area contributed by atoms with E-state index in [-0.39, 0.29) is 11.6 Å². The number of thioether (sulfide) groups is 1. The van der Waals surface area contributed by atoms with Gasteiger partial charge in [0.1, 0.15) is 5.82 Å². The molecule has 0 saturated carbocycles. The summed E-state index contributed by atoms with van der Waals surface area (Å²) in [5.41, 5.74) is 2.27. The zero-order valence-electron chi connectivity index (χ0n) is 11.4. The van der Waals surface area contributed by atoms with Crippen LogP contribution < -0.4 is 0 Å². The maximum absolute atomic E-state index is 13.0. The van der Waals surface area contributed by atoms with Gasteiger partial charge in [0, 0.05) is 10.5 Å². The molecule has 0 spiro atoms. The first-order valence-electron chi connectivity index (χ1n) is 6.23. The lowest BCUT2D eigenvalue weighted by atomic mass is 10.00. The molecule has 0 N–H and O–H groups in total. The van der Waals surface area contributed by atoms with Gasteiger partial charge in [0.25, 0.3) is 0 Å². The molecule has 20 heavy (non-hydrogen) atoms. The molecule has 0 saturated heterocycles. The molecule has 0 radical (unpaired) electrons. The highest BCUT2D eigenvalue weighted by atomic mass is 32.2. The molecular formula is C17H15FOS. The van der Waals surface area contributed by atoms with E-state index in [4.69, 9.17) is 0 Å². The van der Waals surface area contributed by atoms with Crippen molar-refractivity contribution in [3.63, 3.8) is 0 Å². The number of benzene rings is 2. The predicted molar refractivity (Wildman–Crippen MR) is 83.2 cm³/mol. The first-order valence-corrected chi connectivity index (χ1v) is 7.45. The van der Waals surface area contributed by atoms with E-state index in [1.54, 1.807) is 23.9 Å². The number of Topliss-reactive ketones (excluding diaryl/α,β-unsaturated/α-hetero) is 1. The van der Waals surface area contributed by atoms with Gasteiger partial charge in [-0.1, -0.05) is 24.3 Å². The van der Waals surface area contributed by atoms with E-state index >= 15 is 0 Å². The molecule has 3 heteroatoms. The molecule has 1 nitrogen and oxygen atoms in total. The summed E-state index contributed by atoms with van der Waals surface area (Å²) in [6.45, 7) is 1.52. The summed E-state index contributed by atoms with van der Waals surface area (Å²) in [7, 11) is 0. The van der Waals surface area contributed by atoms with Crippen LogP contribution in [0.2, 0.25) is 0 Å². The summed E-state index contributed by atoms with van der Waals surface area (Å²) in [6.07, 6.45) is 3.85. The molecule has 0 fully saturated rings. The van der Waals surface area contributed by atoms with E-state index in [2.05, 4.69) is 0 Å². The number of carbonyl (C=O) groups is 1. The van der Waals surface area contributed by atoms with Gasteiger partial charge in [0.2, 0.25) is 0 Å². The topological polar surface area (TPSA) is 17.1 Å². The minimum absolute atomic E-state index is 0.0365. The quantitative estimate of drug-likeness (QED) is 0.461. The highest BCUT2D eigenvalue weighted by Gasteiger charge is 2.07. The second-order valence-electron chi connectivity index (χ2n) is 4.39. The zero-order valence-corrected chi connectivity index (χ0v) is 12.2. The Morgan fingerprint density at radius 1 is 1.05 bits per heavy atom. The third kappa shape index (κ3) is 3.58. The average Bonchev–Trinajstić information content (AvgIpc) is 2.46. The Hall–Kier alpha value is -1.87. The molecule has 0 amide bonds. The van der Waals surface area contributed by atoms with Crippen molar-refractivity contribution >= 4 is 29.2 Å². The Balaban J connectivity index is 2.39. The van der Waals surface area contributed by atoms with Crippen molar-refractivity contribution in [2.75, 3.05) is 6.26 Å². The minimum Gasteiger partial charge on any atom is -0.294 e. The molecule has 0 aromatic heterocycles. The SMILES string of the molecule is CSc1ccc(/C=C(/C(C)=O)c2ccc(F)cc2)cc1. The molecular weight excluding hydrogens is 271 g/mol. The van der Waals surface area contributed by atoms with Crippen molar-refractivity contribution in [1.29, 1.82) is 0 Å². The van der Waals surface area contributed by atoms with Crippen LogP contribution in [0.4, 0.5) is 4.39 Å². The lowest BCUT2D eigenvalue weighted by molar-refractivity contribution is -0.111. The maximum Gasteiger partial charge on any atom is 0.160 e. The summed E-state index contributed by atoms with van der Waals surface area (Å²) >= 11 is 1.67. The van der Waals surface area contributed by atoms with E-state index < -0.39 is 0 Å². The Morgan fingerprint density at radius 3 is 2.15 bits per heavy atom. The van der Waals surface area contributed by atoms with Crippen LogP contribution in [-0.4, -0.2) is 12.0 Å². The Labute approximate surface area is 122 Å². The first kappa shape index (κ1) is 14.5. The Kier molecular flexibility index (Phi) is 4.74. The smallest absolute Gasteiger partial charge is 0.160 e. The number of rotatable bonds is 4. The monoisotopic (exact) mass is 286 g/mol. The van der Waals surface area contributed by atoms with Gasteiger partial charge in [-0.2, -0.15) is 0 Å². The second kappa shape index (κ2) is 6.53. The van der Waals surface area contributed by atoms with Gasteiger partial charge in [0.05, 0.1) is 0 Å². The average molecular weight is 286 g/mol. The van der Waals surface area contributed by atoms with Crippen LogP contribution in [0, 0.1) is 5.82 Å². The highest BCUT2D eigenvalue weighted by molar-refractivity contribution is 7.98. The number of hydrogen-bond donors (Lipinski definition) is 0. The maximum atomic E-state index is 13.0. The fraction of sp³-hybridized carbons (Fsp3) is 0.118. The molecule has 2 aromatic carbocycles. The second-order valence-corrected chi connectivity index (χ2v) is 5.27. The van der Waals surface area contributed by atoms with Gasteiger partial charge in [-0.15, -0.1) is 11.8 Å². The highest BCUT2D eigenvalue weighted by Crippen LogP contribution is 2.21. The van der Waals surface area contributed by atoms with Gasteiger partial charge in [-0.05, 0) is 54.6 Å². The van der Waals surface area contributed by atoms with E-state index in [1.165, 1.54) is 24.0 Å². The van der Waals surface area contributed by atoms with Crippen molar-refractivity contribution in [2.45, 2.75) is 11.8 Å². The van der Waals surface area contributed by atoms with E-state index in [0.717, 1.165) is 11.1 Å². The van der Waals surface area contributed by atoms with Gasteiger partial charge in [-0.25, -0.2) is 4.39 Å². The van der Waals surface area contributed by atoms with E-state index in [1.807, 2.05) is 36.6 Å². The Bertz CT molecular complexity index is 627. The molecule has 0 aliphatic heterocycles. The molecule has 2 aromatic rings. The normalized spacial score (nSPS) is 11.4. The van der Waals surface area contributed by atoms with Crippen LogP contribution in [0.5, 0.6) is 0 Å². The van der Waals surface area contributed by atoms with Crippen LogP contribution in [0.25, 0.3) is 11.6 Å². The van der Waals surface area contributed by atoms with E-state index in [0.29, 0.717) is 5.57 Å². The standard InChI is InChI=1S/C17H15FOS/c1-12(19)17(14-5-7-15(18)8-6-14)11-13-3-9-16(20-2)10-4-13/h3-11H,1-2H3/b17-11-. The van der Waals surface area contributed by atoms with Crippen molar-refractivity contribution < 1.29 is 9.18 Å². The third-order valence-corrected chi connectivity index (χ3v) is 3.70. The van der Waals surface area contributed by atoms with Crippen LogP contribution in [-0.2, 0) is 4.79 Å². The number of allylic oxidation sites excluding steroid dienone is 1. The summed E-state index contributed by atoms with van der Waals surface area (Å²) in [5.74, 6) is -0.341. The fourth-order valence-electron chi connectivity index (χ4n) is 1.88. The largest absolute Gasteiger partial charge is 0.294 e. The van der Waals surface area contributed by atoms with Crippen LogP contribution in [0.1, 0.15) is 18.1 Å². The van der Waals surface area contributed by atoms with Crippen molar-refractivity contribution in [2.24, 2.45) is 0 Å². The van der Waals surface area contributed by atoms with Gasteiger partial charge in [0.15, 0.2) is 5.78 Å². The number of hydrogen-bond acceptors (Lipinski definition) is 2. The summed E-state index contributed by atoms with van der Waals surface area (Å²) in [4.78, 5) is 13.0. The van der Waals surface area contributed by atoms with Crippen molar-refractivity contribution in [3.05, 3.63) is 65.5 Å².